The number of carbonyl (C=O) groups excluding carboxylic acids is 1. The fraction of sp³-hybridized carbons (Fsp3) is 0.133. The van der Waals surface area contributed by atoms with E-state index in [9.17, 15) is 13.2 Å². The largest absolute Gasteiger partial charge is 0.468 e. The molecular weight excluding hydrogens is 441 g/mol. The first-order valence-electron chi connectivity index (χ1n) is 6.56. The first-order chi connectivity index (χ1) is 11.3. The number of hydrogen-bond donors (Lipinski definition) is 0. The van der Waals surface area contributed by atoms with Crippen LogP contribution in [0.2, 0.25) is 10.0 Å². The number of esters is 1. The monoisotopic (exact) mass is 451 g/mol. The van der Waals surface area contributed by atoms with Gasteiger partial charge in [-0.3, -0.25) is 9.10 Å². The molecule has 128 valence electrons. The van der Waals surface area contributed by atoms with Crippen LogP contribution >= 0.6 is 39.1 Å². The van der Waals surface area contributed by atoms with Gasteiger partial charge in [-0.15, -0.1) is 0 Å². The minimum Gasteiger partial charge on any atom is -0.468 e. The third kappa shape index (κ3) is 4.22. The van der Waals surface area contributed by atoms with E-state index in [1.54, 1.807) is 24.3 Å². The van der Waals surface area contributed by atoms with E-state index >= 15 is 0 Å². The fourth-order valence-electron chi connectivity index (χ4n) is 1.87. The van der Waals surface area contributed by atoms with Crippen LogP contribution in [-0.2, 0) is 19.6 Å². The van der Waals surface area contributed by atoms with Gasteiger partial charge < -0.3 is 4.74 Å². The lowest BCUT2D eigenvalue weighted by Gasteiger charge is -2.23. The van der Waals surface area contributed by atoms with Crippen molar-refractivity contribution in [2.24, 2.45) is 0 Å². The molecule has 5 nitrogen and oxygen atoms in total. The summed E-state index contributed by atoms with van der Waals surface area (Å²) < 4.78 is 32.2. The number of halogens is 3. The zero-order valence-electron chi connectivity index (χ0n) is 12.4. The average molecular weight is 453 g/mol. The lowest BCUT2D eigenvalue weighted by molar-refractivity contribution is -0.138. The van der Waals surface area contributed by atoms with Crippen molar-refractivity contribution < 1.29 is 17.9 Å². The number of nitrogens with zero attached hydrogens (tertiary/aromatic N) is 1. The van der Waals surface area contributed by atoms with E-state index < -0.39 is 22.5 Å². The second kappa shape index (κ2) is 7.74. The molecule has 0 N–H and O–H groups in total. The molecule has 0 spiro atoms. The number of benzene rings is 2. The van der Waals surface area contributed by atoms with Crippen LogP contribution in [0, 0.1) is 0 Å². The van der Waals surface area contributed by atoms with Gasteiger partial charge in [0.2, 0.25) is 0 Å². The standard InChI is InChI=1S/C15H12BrCl2NO4S/c1-23-15(20)9-19(11-4-2-10(16)3-5-11)24(21,22)12-6-7-13(17)14(18)8-12/h2-8H,9H2,1H3. The van der Waals surface area contributed by atoms with E-state index in [1.807, 2.05) is 0 Å². The molecule has 0 saturated carbocycles. The first kappa shape index (κ1) is 19.1. The number of rotatable bonds is 5. The Morgan fingerprint density at radius 3 is 2.29 bits per heavy atom. The van der Waals surface area contributed by atoms with Gasteiger partial charge >= 0.3 is 5.97 Å². The van der Waals surface area contributed by atoms with E-state index in [4.69, 9.17) is 23.2 Å². The quantitative estimate of drug-likeness (QED) is 0.640. The molecule has 0 bridgehead atoms. The summed E-state index contributed by atoms with van der Waals surface area (Å²) in [5.74, 6) is -0.693. The molecule has 0 saturated heterocycles. The highest BCUT2D eigenvalue weighted by Crippen LogP contribution is 2.29. The molecule has 2 aromatic carbocycles. The zero-order valence-corrected chi connectivity index (χ0v) is 16.3. The Bertz CT molecular complexity index is 856. The van der Waals surface area contributed by atoms with Crippen LogP contribution < -0.4 is 4.31 Å². The lowest BCUT2D eigenvalue weighted by Crippen LogP contribution is -2.36. The fourth-order valence-corrected chi connectivity index (χ4v) is 3.93. The van der Waals surface area contributed by atoms with E-state index in [-0.39, 0.29) is 14.9 Å². The maximum absolute atomic E-state index is 12.9. The second-order valence-corrected chi connectivity index (χ2v) is 8.23. The minimum atomic E-state index is -4.04. The van der Waals surface area contributed by atoms with E-state index in [1.165, 1.54) is 25.3 Å². The van der Waals surface area contributed by atoms with Crippen LogP contribution in [0.15, 0.2) is 51.8 Å². The van der Waals surface area contributed by atoms with Gasteiger partial charge in [-0.2, -0.15) is 0 Å². The zero-order chi connectivity index (χ0) is 17.9. The molecule has 0 unspecified atom stereocenters. The molecule has 0 radical (unpaired) electrons. The summed E-state index contributed by atoms with van der Waals surface area (Å²) in [5.41, 5.74) is 0.315. The van der Waals surface area contributed by atoms with E-state index in [2.05, 4.69) is 20.7 Å². The third-order valence-electron chi connectivity index (χ3n) is 3.09. The van der Waals surface area contributed by atoms with Crippen LogP contribution in [-0.4, -0.2) is 28.0 Å². The Morgan fingerprint density at radius 2 is 1.75 bits per heavy atom. The molecule has 9 heteroatoms. The third-order valence-corrected chi connectivity index (χ3v) is 6.13. The Balaban J connectivity index is 2.53. The molecule has 0 heterocycles. The Morgan fingerprint density at radius 1 is 1.12 bits per heavy atom. The van der Waals surface area contributed by atoms with Crippen LogP contribution in [0.3, 0.4) is 0 Å². The second-order valence-electron chi connectivity index (χ2n) is 4.64. The van der Waals surface area contributed by atoms with Gasteiger partial charge in [0, 0.05) is 4.47 Å². The van der Waals surface area contributed by atoms with Crippen molar-refractivity contribution in [3.05, 3.63) is 57.0 Å². The minimum absolute atomic E-state index is 0.0799. The van der Waals surface area contributed by atoms with Crippen molar-refractivity contribution in [1.29, 1.82) is 0 Å². The smallest absolute Gasteiger partial charge is 0.326 e. The summed E-state index contributed by atoms with van der Waals surface area (Å²) in [6.07, 6.45) is 0. The average Bonchev–Trinajstić information content (AvgIpc) is 2.55. The van der Waals surface area contributed by atoms with Crippen LogP contribution in [0.4, 0.5) is 5.69 Å². The van der Waals surface area contributed by atoms with Crippen LogP contribution in [0.5, 0.6) is 0 Å². The number of hydrogen-bond acceptors (Lipinski definition) is 4. The number of methoxy groups -OCH3 is 1. The maximum atomic E-state index is 12.9. The van der Waals surface area contributed by atoms with Crippen LogP contribution in [0.25, 0.3) is 0 Å². The van der Waals surface area contributed by atoms with Gasteiger partial charge in [-0.25, -0.2) is 8.42 Å². The topological polar surface area (TPSA) is 63.7 Å². The highest BCUT2D eigenvalue weighted by molar-refractivity contribution is 9.10. The van der Waals surface area contributed by atoms with Crippen molar-refractivity contribution in [2.75, 3.05) is 18.0 Å². The molecule has 0 amide bonds. The van der Waals surface area contributed by atoms with Crippen molar-refractivity contribution in [2.45, 2.75) is 4.90 Å². The Hall–Kier alpha value is -1.28. The highest BCUT2D eigenvalue weighted by atomic mass is 79.9. The van der Waals surface area contributed by atoms with Gasteiger partial charge in [-0.05, 0) is 42.5 Å². The molecular formula is C15H12BrCl2NO4S. The molecule has 24 heavy (non-hydrogen) atoms. The molecule has 2 rings (SSSR count). The molecule has 0 fully saturated rings. The van der Waals surface area contributed by atoms with Crippen molar-refractivity contribution in [3.8, 4) is 0 Å². The molecule has 0 aliphatic carbocycles. The van der Waals surface area contributed by atoms with Gasteiger partial charge in [0.15, 0.2) is 0 Å². The van der Waals surface area contributed by atoms with Gasteiger partial charge in [0.25, 0.3) is 10.0 Å². The predicted octanol–water partition coefficient (Wildman–Crippen LogP) is 4.12. The summed E-state index contributed by atoms with van der Waals surface area (Å²) in [4.78, 5) is 11.6. The lowest BCUT2D eigenvalue weighted by atomic mass is 10.3. The van der Waals surface area contributed by atoms with Gasteiger partial charge in [-0.1, -0.05) is 39.1 Å². The Labute approximate surface area is 158 Å². The Kier molecular flexibility index (Phi) is 6.14. The van der Waals surface area contributed by atoms with Crippen molar-refractivity contribution in [3.63, 3.8) is 0 Å². The summed E-state index contributed by atoms with van der Waals surface area (Å²) in [6.45, 7) is -0.472. The van der Waals surface area contributed by atoms with Gasteiger partial charge in [0.1, 0.15) is 6.54 Å². The van der Waals surface area contributed by atoms with E-state index in [0.717, 1.165) is 8.78 Å². The number of ether oxygens (including phenoxy) is 1. The first-order valence-corrected chi connectivity index (χ1v) is 9.55. The molecule has 2 aromatic rings. The molecule has 0 atom stereocenters. The molecule has 0 aliphatic heterocycles. The summed E-state index contributed by atoms with van der Waals surface area (Å²) in [5, 5.41) is 0.338. The maximum Gasteiger partial charge on any atom is 0.326 e. The van der Waals surface area contributed by atoms with E-state index in [0.29, 0.717) is 5.69 Å². The van der Waals surface area contributed by atoms with Crippen molar-refractivity contribution >= 4 is 60.8 Å². The summed E-state index contributed by atoms with van der Waals surface area (Å²) in [7, 11) is -2.85. The highest BCUT2D eigenvalue weighted by Gasteiger charge is 2.28. The summed E-state index contributed by atoms with van der Waals surface area (Å²) >= 11 is 15.0. The SMILES string of the molecule is COC(=O)CN(c1ccc(Br)cc1)S(=O)(=O)c1ccc(Cl)c(Cl)c1. The normalized spacial score (nSPS) is 11.2. The summed E-state index contributed by atoms with van der Waals surface area (Å²) in [6, 6.07) is 10.4. The van der Waals surface area contributed by atoms with Crippen molar-refractivity contribution in [1.82, 2.24) is 0 Å². The number of anilines is 1. The van der Waals surface area contributed by atoms with Gasteiger partial charge in [0.05, 0.1) is 27.7 Å². The molecule has 0 aliphatic rings. The number of carbonyl (C=O) groups is 1. The number of sulfonamides is 1. The van der Waals surface area contributed by atoms with Crippen LogP contribution in [0.1, 0.15) is 0 Å². The predicted molar refractivity (Wildman–Crippen MR) is 97.2 cm³/mol. The molecule has 0 aromatic heterocycles.